The van der Waals surface area contributed by atoms with Gasteiger partial charge in [0.2, 0.25) is 0 Å². The van der Waals surface area contributed by atoms with Crippen LogP contribution in [0.15, 0.2) is 18.2 Å². The van der Waals surface area contributed by atoms with Crippen LogP contribution in [0.5, 0.6) is 0 Å². The third-order valence-corrected chi connectivity index (χ3v) is 4.07. The van der Waals surface area contributed by atoms with Crippen LogP contribution in [0.4, 0.5) is 4.39 Å². The second kappa shape index (κ2) is 6.29. The summed E-state index contributed by atoms with van der Waals surface area (Å²) in [6, 6.07) is 4.69. The van der Waals surface area contributed by atoms with E-state index in [0.717, 1.165) is 6.42 Å². The third-order valence-electron chi connectivity index (χ3n) is 4.07. The van der Waals surface area contributed by atoms with Crippen LogP contribution in [-0.4, -0.2) is 29.8 Å². The summed E-state index contributed by atoms with van der Waals surface area (Å²) in [5.41, 5.74) is 1.12. The summed E-state index contributed by atoms with van der Waals surface area (Å²) in [5.74, 6) is -0.314. The molecule has 0 bridgehead atoms. The van der Waals surface area contributed by atoms with Crippen molar-refractivity contribution >= 4 is 5.78 Å². The zero-order valence-corrected chi connectivity index (χ0v) is 12.6. The molecule has 0 unspecified atom stereocenters. The van der Waals surface area contributed by atoms with E-state index in [4.69, 9.17) is 0 Å². The molecule has 0 radical (unpaired) electrons. The average molecular weight is 265 g/mol. The molecular formula is C16H24FNO. The first kappa shape index (κ1) is 15.8. The van der Waals surface area contributed by atoms with E-state index < -0.39 is 0 Å². The zero-order valence-electron chi connectivity index (χ0n) is 12.6. The predicted molar refractivity (Wildman–Crippen MR) is 77.1 cm³/mol. The molecule has 0 atom stereocenters. The number of aryl methyl sites for hydroxylation is 1. The van der Waals surface area contributed by atoms with E-state index in [1.807, 2.05) is 7.05 Å². The van der Waals surface area contributed by atoms with Crippen LogP contribution >= 0.6 is 0 Å². The Bertz CT molecular complexity index is 454. The maximum Gasteiger partial charge on any atom is 0.164 e. The van der Waals surface area contributed by atoms with Gasteiger partial charge in [-0.1, -0.05) is 19.1 Å². The van der Waals surface area contributed by atoms with Crippen LogP contribution in [0.25, 0.3) is 0 Å². The number of ketones is 1. The van der Waals surface area contributed by atoms with Crippen molar-refractivity contribution in [2.75, 3.05) is 13.6 Å². The summed E-state index contributed by atoms with van der Waals surface area (Å²) < 4.78 is 13.4. The van der Waals surface area contributed by atoms with Gasteiger partial charge in [-0.3, -0.25) is 4.79 Å². The van der Waals surface area contributed by atoms with Crippen molar-refractivity contribution < 1.29 is 9.18 Å². The van der Waals surface area contributed by atoms with Crippen molar-refractivity contribution in [2.45, 2.75) is 46.1 Å². The topological polar surface area (TPSA) is 20.3 Å². The first-order chi connectivity index (χ1) is 8.77. The highest BCUT2D eigenvalue weighted by Gasteiger charge is 2.21. The predicted octanol–water partition coefficient (Wildman–Crippen LogP) is 3.83. The van der Waals surface area contributed by atoms with Gasteiger partial charge in [0.05, 0.1) is 0 Å². The fraction of sp³-hybridized carbons (Fsp3) is 0.562. The molecule has 1 aromatic carbocycles. The molecule has 0 saturated heterocycles. The van der Waals surface area contributed by atoms with Gasteiger partial charge in [0.1, 0.15) is 5.82 Å². The number of Topliss-reactive ketones (excluding diaryl/α,β-unsaturated/α-hetero) is 1. The molecule has 3 heteroatoms. The highest BCUT2D eigenvalue weighted by atomic mass is 19.1. The Morgan fingerprint density at radius 1 is 1.37 bits per heavy atom. The largest absolute Gasteiger partial charge is 0.301 e. The molecule has 1 aromatic rings. The Labute approximate surface area is 115 Å². The second-order valence-corrected chi connectivity index (χ2v) is 5.72. The Morgan fingerprint density at radius 2 is 2.00 bits per heavy atom. The monoisotopic (exact) mass is 265 g/mol. The molecule has 0 amide bonds. The standard InChI is InChI=1S/C16H24FNO/c1-6-16(3,4)18(5)10-9-15(19)13-8-7-12(2)14(17)11-13/h7-8,11H,6,9-10H2,1-5H3. The molecule has 0 heterocycles. The Morgan fingerprint density at radius 3 is 2.53 bits per heavy atom. The molecule has 0 fully saturated rings. The molecule has 0 N–H and O–H groups in total. The first-order valence-corrected chi connectivity index (χ1v) is 6.78. The van der Waals surface area contributed by atoms with Gasteiger partial charge in [0, 0.05) is 24.1 Å². The average Bonchev–Trinajstić information content (AvgIpc) is 2.38. The SMILES string of the molecule is CCC(C)(C)N(C)CCC(=O)c1ccc(C)c(F)c1. The molecule has 0 aliphatic heterocycles. The van der Waals surface area contributed by atoms with E-state index in [0.29, 0.717) is 24.1 Å². The smallest absolute Gasteiger partial charge is 0.164 e. The molecule has 0 aliphatic rings. The number of benzene rings is 1. The number of hydrogen-bond acceptors (Lipinski definition) is 2. The fourth-order valence-electron chi connectivity index (χ4n) is 1.75. The minimum Gasteiger partial charge on any atom is -0.301 e. The lowest BCUT2D eigenvalue weighted by molar-refractivity contribution is 0.0929. The summed E-state index contributed by atoms with van der Waals surface area (Å²) >= 11 is 0. The van der Waals surface area contributed by atoms with Crippen LogP contribution < -0.4 is 0 Å². The van der Waals surface area contributed by atoms with Crippen molar-refractivity contribution in [3.63, 3.8) is 0 Å². The number of carbonyl (C=O) groups is 1. The van der Waals surface area contributed by atoms with Gasteiger partial charge in [0.25, 0.3) is 0 Å². The summed E-state index contributed by atoms with van der Waals surface area (Å²) in [6.45, 7) is 8.83. The van der Waals surface area contributed by atoms with Gasteiger partial charge in [-0.2, -0.15) is 0 Å². The van der Waals surface area contributed by atoms with Gasteiger partial charge in [0.15, 0.2) is 5.78 Å². The molecular weight excluding hydrogens is 241 g/mol. The van der Waals surface area contributed by atoms with Gasteiger partial charge in [-0.05, 0) is 45.9 Å². The normalized spacial score (nSPS) is 11.9. The Hall–Kier alpha value is -1.22. The van der Waals surface area contributed by atoms with Gasteiger partial charge >= 0.3 is 0 Å². The number of rotatable bonds is 6. The molecule has 0 saturated carbocycles. The number of hydrogen-bond donors (Lipinski definition) is 0. The van der Waals surface area contributed by atoms with Crippen LogP contribution in [0.3, 0.4) is 0 Å². The van der Waals surface area contributed by atoms with Crippen LogP contribution in [0.1, 0.15) is 49.5 Å². The van der Waals surface area contributed by atoms with Crippen LogP contribution in [-0.2, 0) is 0 Å². The van der Waals surface area contributed by atoms with Crippen molar-refractivity contribution in [3.8, 4) is 0 Å². The molecule has 0 spiro atoms. The van der Waals surface area contributed by atoms with Crippen molar-refractivity contribution in [3.05, 3.63) is 35.1 Å². The maximum absolute atomic E-state index is 13.4. The molecule has 19 heavy (non-hydrogen) atoms. The molecule has 106 valence electrons. The van der Waals surface area contributed by atoms with Crippen molar-refractivity contribution in [2.24, 2.45) is 0 Å². The van der Waals surface area contributed by atoms with E-state index in [-0.39, 0.29) is 17.1 Å². The van der Waals surface area contributed by atoms with Crippen molar-refractivity contribution in [1.82, 2.24) is 4.90 Å². The van der Waals surface area contributed by atoms with Crippen LogP contribution in [0, 0.1) is 12.7 Å². The number of nitrogens with zero attached hydrogens (tertiary/aromatic N) is 1. The van der Waals surface area contributed by atoms with Crippen LogP contribution in [0.2, 0.25) is 0 Å². The zero-order chi connectivity index (χ0) is 14.6. The lowest BCUT2D eigenvalue weighted by atomic mass is 9.99. The van der Waals surface area contributed by atoms with Gasteiger partial charge in [-0.15, -0.1) is 0 Å². The number of carbonyl (C=O) groups excluding carboxylic acids is 1. The summed E-state index contributed by atoms with van der Waals surface area (Å²) in [6.07, 6.45) is 1.44. The number of halogens is 1. The minimum absolute atomic E-state index is 0.00217. The van der Waals surface area contributed by atoms with E-state index in [1.165, 1.54) is 6.07 Å². The van der Waals surface area contributed by atoms with E-state index in [1.54, 1.807) is 19.1 Å². The summed E-state index contributed by atoms with van der Waals surface area (Å²) in [5, 5.41) is 0. The summed E-state index contributed by atoms with van der Waals surface area (Å²) in [7, 11) is 2.02. The fourth-order valence-corrected chi connectivity index (χ4v) is 1.75. The summed E-state index contributed by atoms with van der Waals surface area (Å²) in [4.78, 5) is 14.2. The lowest BCUT2D eigenvalue weighted by Gasteiger charge is -2.34. The van der Waals surface area contributed by atoms with Gasteiger partial charge < -0.3 is 4.90 Å². The maximum atomic E-state index is 13.4. The Kier molecular flexibility index (Phi) is 5.24. The lowest BCUT2D eigenvalue weighted by Crippen LogP contribution is -2.41. The van der Waals surface area contributed by atoms with E-state index in [9.17, 15) is 9.18 Å². The first-order valence-electron chi connectivity index (χ1n) is 6.78. The third kappa shape index (κ3) is 4.13. The molecule has 1 rings (SSSR count). The second-order valence-electron chi connectivity index (χ2n) is 5.72. The highest BCUT2D eigenvalue weighted by Crippen LogP contribution is 2.17. The Balaban J connectivity index is 2.63. The minimum atomic E-state index is -0.312. The van der Waals surface area contributed by atoms with Crippen molar-refractivity contribution in [1.29, 1.82) is 0 Å². The van der Waals surface area contributed by atoms with E-state index >= 15 is 0 Å². The highest BCUT2D eigenvalue weighted by molar-refractivity contribution is 5.96. The molecule has 0 aromatic heterocycles. The van der Waals surface area contributed by atoms with E-state index in [2.05, 4.69) is 25.7 Å². The molecule has 0 aliphatic carbocycles. The van der Waals surface area contributed by atoms with Gasteiger partial charge in [-0.25, -0.2) is 4.39 Å². The quantitative estimate of drug-likeness (QED) is 0.729. The molecule has 2 nitrogen and oxygen atoms in total.